The van der Waals surface area contributed by atoms with E-state index in [0.717, 1.165) is 6.42 Å². The first-order valence-electron chi connectivity index (χ1n) is 4.22. The molecule has 0 spiro atoms. The first kappa shape index (κ1) is 6.89. The lowest BCUT2D eigenvalue weighted by Gasteiger charge is -2.00. The Kier molecular flexibility index (Phi) is 1.68. The van der Waals surface area contributed by atoms with Crippen LogP contribution in [-0.2, 0) is 9.53 Å². The molecule has 0 amide bonds. The molecule has 1 heterocycles. The van der Waals surface area contributed by atoms with Gasteiger partial charge in [-0.25, -0.2) is 0 Å². The number of hydrogen-bond acceptors (Lipinski definition) is 2. The summed E-state index contributed by atoms with van der Waals surface area (Å²) in [6.45, 7) is 0.700. The van der Waals surface area contributed by atoms with Crippen molar-refractivity contribution in [1.82, 2.24) is 0 Å². The molecule has 0 aromatic heterocycles. The summed E-state index contributed by atoms with van der Waals surface area (Å²) in [5.74, 6) is 1.51. The monoisotopic (exact) mass is 152 g/mol. The zero-order valence-corrected chi connectivity index (χ0v) is 6.51. The second-order valence-electron chi connectivity index (χ2n) is 3.28. The van der Waals surface area contributed by atoms with Crippen LogP contribution in [0, 0.1) is 5.92 Å². The van der Waals surface area contributed by atoms with Gasteiger partial charge in [0.25, 0.3) is 0 Å². The molecule has 2 aliphatic rings. The number of carbonyl (C=O) groups is 1. The Morgan fingerprint density at radius 2 is 2.45 bits per heavy atom. The van der Waals surface area contributed by atoms with Crippen LogP contribution in [0.25, 0.3) is 0 Å². The summed E-state index contributed by atoms with van der Waals surface area (Å²) in [6, 6.07) is 0. The van der Waals surface area contributed by atoms with Gasteiger partial charge in [-0.2, -0.15) is 0 Å². The second kappa shape index (κ2) is 2.68. The lowest BCUT2D eigenvalue weighted by molar-refractivity contribution is -0.118. The largest absolute Gasteiger partial charge is 0.490 e. The highest BCUT2D eigenvalue weighted by Crippen LogP contribution is 2.33. The Morgan fingerprint density at radius 3 is 3.00 bits per heavy atom. The fourth-order valence-corrected chi connectivity index (χ4v) is 1.30. The first-order valence-corrected chi connectivity index (χ1v) is 4.22. The summed E-state index contributed by atoms with van der Waals surface area (Å²) in [7, 11) is 0. The third-order valence-corrected chi connectivity index (χ3v) is 2.15. The molecule has 0 saturated heterocycles. The van der Waals surface area contributed by atoms with E-state index in [1.165, 1.54) is 12.8 Å². The van der Waals surface area contributed by atoms with E-state index in [4.69, 9.17) is 4.74 Å². The summed E-state index contributed by atoms with van der Waals surface area (Å²) in [6.07, 6.45) is 6.00. The first-order chi connectivity index (χ1) is 5.36. The average molecular weight is 152 g/mol. The molecule has 1 aliphatic heterocycles. The number of rotatable bonds is 3. The van der Waals surface area contributed by atoms with Crippen molar-refractivity contribution in [3.05, 3.63) is 11.8 Å². The van der Waals surface area contributed by atoms with E-state index in [9.17, 15) is 4.79 Å². The molecular formula is C9H12O2. The van der Waals surface area contributed by atoms with Gasteiger partial charge >= 0.3 is 0 Å². The Bertz CT molecular complexity index is 202. The molecule has 2 rings (SSSR count). The molecule has 2 heteroatoms. The maximum atomic E-state index is 11.3. The molecule has 60 valence electrons. The third kappa shape index (κ3) is 1.62. The van der Waals surface area contributed by atoms with Crippen LogP contribution in [-0.4, -0.2) is 12.4 Å². The molecule has 0 N–H and O–H groups in total. The summed E-state index contributed by atoms with van der Waals surface area (Å²) < 4.78 is 5.15. The third-order valence-electron chi connectivity index (χ3n) is 2.15. The molecule has 1 fully saturated rings. The van der Waals surface area contributed by atoms with Crippen LogP contribution in [0.3, 0.4) is 0 Å². The van der Waals surface area contributed by atoms with Crippen molar-refractivity contribution in [2.24, 2.45) is 5.92 Å². The molecular weight excluding hydrogens is 140 g/mol. The highest BCUT2D eigenvalue weighted by atomic mass is 16.5. The summed E-state index contributed by atoms with van der Waals surface area (Å²) in [5.41, 5.74) is 0. The van der Waals surface area contributed by atoms with Gasteiger partial charge in [-0.1, -0.05) is 0 Å². The zero-order valence-electron chi connectivity index (χ0n) is 6.51. The van der Waals surface area contributed by atoms with Gasteiger partial charge in [-0.15, -0.1) is 0 Å². The zero-order chi connectivity index (χ0) is 7.68. The molecule has 0 atom stereocenters. The number of carbonyl (C=O) groups excluding carboxylic acids is 1. The van der Waals surface area contributed by atoms with E-state index in [2.05, 4.69) is 0 Å². The molecule has 0 aromatic carbocycles. The molecule has 2 nitrogen and oxygen atoms in total. The molecule has 0 bridgehead atoms. The molecule has 0 radical (unpaired) electrons. The number of Topliss-reactive ketones (excluding diaryl/α,β-unsaturated/α-hetero) is 1. The van der Waals surface area contributed by atoms with Crippen molar-refractivity contribution in [2.75, 3.05) is 6.61 Å². The van der Waals surface area contributed by atoms with Crippen LogP contribution in [0.1, 0.15) is 25.7 Å². The minimum atomic E-state index is 0.213. The van der Waals surface area contributed by atoms with E-state index in [-0.39, 0.29) is 5.78 Å². The second-order valence-corrected chi connectivity index (χ2v) is 3.28. The van der Waals surface area contributed by atoms with Crippen LogP contribution in [0.5, 0.6) is 0 Å². The van der Waals surface area contributed by atoms with Gasteiger partial charge in [-0.3, -0.25) is 4.79 Å². The summed E-state index contributed by atoms with van der Waals surface area (Å²) >= 11 is 0. The Balaban J connectivity index is 1.87. The SMILES string of the molecule is O=C(CC1CC1)C1=CCCO1. The maximum absolute atomic E-state index is 11.3. The van der Waals surface area contributed by atoms with Crippen molar-refractivity contribution in [2.45, 2.75) is 25.7 Å². The van der Waals surface area contributed by atoms with Crippen molar-refractivity contribution >= 4 is 5.78 Å². The van der Waals surface area contributed by atoms with Gasteiger partial charge in [0.2, 0.25) is 0 Å². The highest BCUT2D eigenvalue weighted by Gasteiger charge is 2.27. The van der Waals surface area contributed by atoms with Crippen LogP contribution < -0.4 is 0 Å². The minimum absolute atomic E-state index is 0.213. The van der Waals surface area contributed by atoms with Crippen molar-refractivity contribution in [3.63, 3.8) is 0 Å². The van der Waals surface area contributed by atoms with Gasteiger partial charge in [0.1, 0.15) is 0 Å². The molecule has 0 unspecified atom stereocenters. The van der Waals surface area contributed by atoms with Crippen LogP contribution in [0.2, 0.25) is 0 Å². The number of ether oxygens (including phenoxy) is 1. The Morgan fingerprint density at radius 1 is 1.64 bits per heavy atom. The normalized spacial score (nSPS) is 22.7. The lowest BCUT2D eigenvalue weighted by Crippen LogP contribution is -2.03. The predicted octanol–water partition coefficient (Wildman–Crippen LogP) is 1.66. The molecule has 1 aliphatic carbocycles. The van der Waals surface area contributed by atoms with Gasteiger partial charge in [0, 0.05) is 12.8 Å². The quantitative estimate of drug-likeness (QED) is 0.614. The highest BCUT2D eigenvalue weighted by molar-refractivity contribution is 5.93. The van der Waals surface area contributed by atoms with Crippen molar-refractivity contribution in [1.29, 1.82) is 0 Å². The van der Waals surface area contributed by atoms with Crippen LogP contribution in [0.15, 0.2) is 11.8 Å². The van der Waals surface area contributed by atoms with Gasteiger partial charge < -0.3 is 4.74 Å². The standard InChI is InChI=1S/C9H12O2/c10-8(6-7-3-4-7)9-2-1-5-11-9/h2,7H,1,3-6H2. The number of allylic oxidation sites excluding steroid dienone is 1. The fraction of sp³-hybridized carbons (Fsp3) is 0.667. The number of ketones is 1. The van der Waals surface area contributed by atoms with E-state index < -0.39 is 0 Å². The van der Waals surface area contributed by atoms with Crippen molar-refractivity contribution in [3.8, 4) is 0 Å². The van der Waals surface area contributed by atoms with Gasteiger partial charge in [-0.05, 0) is 24.8 Å². The molecule has 11 heavy (non-hydrogen) atoms. The smallest absolute Gasteiger partial charge is 0.197 e. The van der Waals surface area contributed by atoms with Gasteiger partial charge in [0.15, 0.2) is 11.5 Å². The Labute approximate surface area is 66.2 Å². The van der Waals surface area contributed by atoms with E-state index in [1.807, 2.05) is 6.08 Å². The van der Waals surface area contributed by atoms with E-state index in [1.54, 1.807) is 0 Å². The van der Waals surface area contributed by atoms with Crippen molar-refractivity contribution < 1.29 is 9.53 Å². The lowest BCUT2D eigenvalue weighted by atomic mass is 10.2. The molecule has 0 aromatic rings. The topological polar surface area (TPSA) is 26.3 Å². The predicted molar refractivity (Wildman–Crippen MR) is 41.0 cm³/mol. The Hall–Kier alpha value is -0.790. The number of hydrogen-bond donors (Lipinski definition) is 0. The minimum Gasteiger partial charge on any atom is -0.490 e. The van der Waals surface area contributed by atoms with Gasteiger partial charge in [0.05, 0.1) is 6.61 Å². The fourth-order valence-electron chi connectivity index (χ4n) is 1.30. The summed E-state index contributed by atoms with van der Waals surface area (Å²) in [5, 5.41) is 0. The molecule has 1 saturated carbocycles. The summed E-state index contributed by atoms with van der Waals surface area (Å²) in [4.78, 5) is 11.3. The average Bonchev–Trinajstić information content (AvgIpc) is 2.67. The van der Waals surface area contributed by atoms with E-state index in [0.29, 0.717) is 24.7 Å². The van der Waals surface area contributed by atoms with E-state index >= 15 is 0 Å². The van der Waals surface area contributed by atoms with Crippen LogP contribution >= 0.6 is 0 Å². The maximum Gasteiger partial charge on any atom is 0.197 e. The van der Waals surface area contributed by atoms with Crippen LogP contribution in [0.4, 0.5) is 0 Å².